The first-order valence-corrected chi connectivity index (χ1v) is 21.8. The van der Waals surface area contributed by atoms with E-state index in [1.807, 2.05) is 30.5 Å². The summed E-state index contributed by atoms with van der Waals surface area (Å²) in [5.74, 6) is 1.82. The second-order valence-electron chi connectivity index (χ2n) is 16.1. The first kappa shape index (κ1) is 39.2. The molecule has 9 aromatic carbocycles. The van der Waals surface area contributed by atoms with Crippen LogP contribution in [0.15, 0.2) is 224 Å². The van der Waals surface area contributed by atoms with Crippen LogP contribution in [-0.2, 0) is 0 Å². The first-order chi connectivity index (χ1) is 32.1. The summed E-state index contributed by atoms with van der Waals surface area (Å²) in [5, 5.41) is 5.70. The first-order valence-electron chi connectivity index (χ1n) is 21.8. The molecule has 65 heavy (non-hydrogen) atoms. The third-order valence-corrected chi connectivity index (χ3v) is 12.2. The van der Waals surface area contributed by atoms with E-state index in [1.165, 1.54) is 0 Å². The molecule has 0 radical (unpaired) electrons. The van der Waals surface area contributed by atoms with Crippen LogP contribution >= 0.6 is 0 Å². The lowest BCUT2D eigenvalue weighted by atomic mass is 9.92. The van der Waals surface area contributed by atoms with Crippen LogP contribution in [0.2, 0.25) is 0 Å². The van der Waals surface area contributed by atoms with Crippen molar-refractivity contribution in [1.29, 1.82) is 0 Å². The fraction of sp³-hybridized carbons (Fsp3) is 0.0167. The molecule has 0 fully saturated rings. The maximum Gasteiger partial charge on any atom is 0.164 e. The lowest BCUT2D eigenvalue weighted by molar-refractivity contribution is 1.08. The second kappa shape index (κ2) is 16.9. The predicted molar refractivity (Wildman–Crippen MR) is 271 cm³/mol. The largest absolute Gasteiger partial charge is 0.264 e. The van der Waals surface area contributed by atoms with Crippen LogP contribution < -0.4 is 0 Å². The molecule has 2 aromatic heterocycles. The number of aliphatic imine (C=N–C) groups is 1. The van der Waals surface area contributed by atoms with Gasteiger partial charge in [-0.15, -0.1) is 0 Å². The van der Waals surface area contributed by atoms with Crippen molar-refractivity contribution in [3.05, 3.63) is 230 Å². The maximum atomic E-state index is 5.27. The summed E-state index contributed by atoms with van der Waals surface area (Å²) in [5.41, 5.74) is 14.3. The van der Waals surface area contributed by atoms with Crippen LogP contribution in [0.25, 0.3) is 106 Å². The summed E-state index contributed by atoms with van der Waals surface area (Å²) < 4.78 is 0. The molecule has 0 spiro atoms. The number of aromatic nitrogens is 4. The van der Waals surface area contributed by atoms with Gasteiger partial charge < -0.3 is 0 Å². The summed E-state index contributed by atoms with van der Waals surface area (Å²) in [4.78, 5) is 24.6. The van der Waals surface area contributed by atoms with Gasteiger partial charge in [-0.25, -0.2) is 15.0 Å². The third-order valence-electron chi connectivity index (χ3n) is 12.2. The number of hydrogen-bond donors (Lipinski definition) is 0. The molecule has 0 aliphatic carbocycles. The van der Waals surface area contributed by atoms with E-state index >= 15 is 0 Å². The standard InChI is InChI=1S/C60H41N5/c1-3-52(54-16-8-10-18-56(54)61-2)43-26-20-41(21-27-43)49-36-50(42-22-28-44(29-23-42)53-32-33-62-57-19-11-9-17-55(53)57)38-51(37-49)60-64-58(47-30-24-39-12-4-6-14-45(39)34-47)63-59(65-60)48-31-25-40-13-5-7-15-46(40)35-48/h3-38H,2H2,1H3/b52-3-. The molecule has 0 N–H and O–H groups in total. The van der Waals surface area contributed by atoms with E-state index in [-0.39, 0.29) is 0 Å². The average Bonchev–Trinajstić information content (AvgIpc) is 3.38. The highest BCUT2D eigenvalue weighted by atomic mass is 15.0. The van der Waals surface area contributed by atoms with Crippen molar-refractivity contribution in [2.75, 3.05) is 0 Å². The van der Waals surface area contributed by atoms with Crippen molar-refractivity contribution in [2.45, 2.75) is 6.92 Å². The Balaban J connectivity index is 1.07. The molecule has 306 valence electrons. The Kier molecular flexibility index (Phi) is 10.2. The van der Waals surface area contributed by atoms with Gasteiger partial charge in [-0.1, -0.05) is 164 Å². The molecule has 0 unspecified atom stereocenters. The Bertz CT molecular complexity index is 3520. The van der Waals surface area contributed by atoms with Crippen molar-refractivity contribution in [1.82, 2.24) is 19.9 Å². The fourth-order valence-corrected chi connectivity index (χ4v) is 8.86. The van der Waals surface area contributed by atoms with E-state index in [2.05, 4.69) is 212 Å². The van der Waals surface area contributed by atoms with Crippen LogP contribution in [0.1, 0.15) is 18.1 Å². The van der Waals surface area contributed by atoms with Gasteiger partial charge in [0, 0.05) is 33.8 Å². The highest BCUT2D eigenvalue weighted by Gasteiger charge is 2.17. The number of pyridine rings is 1. The van der Waals surface area contributed by atoms with Crippen LogP contribution in [-0.4, -0.2) is 26.7 Å². The van der Waals surface area contributed by atoms with Crippen molar-refractivity contribution in [2.24, 2.45) is 4.99 Å². The summed E-state index contributed by atoms with van der Waals surface area (Å²) in [6.45, 7) is 5.89. The zero-order valence-electron chi connectivity index (χ0n) is 35.7. The van der Waals surface area contributed by atoms with Gasteiger partial charge in [0.2, 0.25) is 0 Å². The Morgan fingerprint density at radius 1 is 0.431 bits per heavy atom. The number of nitrogens with zero attached hydrogens (tertiary/aromatic N) is 5. The third kappa shape index (κ3) is 7.66. The summed E-state index contributed by atoms with van der Waals surface area (Å²) in [7, 11) is 0. The Hall–Kier alpha value is -8.67. The SMILES string of the molecule is C=Nc1ccccc1/C(=C\C)c1ccc(-c2cc(-c3ccc(-c4ccnc5ccccc45)cc3)cc(-c3nc(-c4ccc5ccccc5c4)nc(-c4ccc5ccccc5c4)n3)c2)cc1. The smallest absolute Gasteiger partial charge is 0.164 e. The molecule has 0 saturated heterocycles. The average molecular weight is 832 g/mol. The normalized spacial score (nSPS) is 11.6. The van der Waals surface area contributed by atoms with Gasteiger partial charge >= 0.3 is 0 Å². The molecule has 0 bridgehead atoms. The number of para-hydroxylation sites is 2. The molecule has 0 amide bonds. The number of allylic oxidation sites excluding steroid dienone is 1. The molecule has 5 nitrogen and oxygen atoms in total. The Morgan fingerprint density at radius 2 is 0.923 bits per heavy atom. The van der Waals surface area contributed by atoms with Crippen molar-refractivity contribution >= 4 is 50.4 Å². The second-order valence-corrected chi connectivity index (χ2v) is 16.1. The lowest BCUT2D eigenvalue weighted by Gasteiger charge is -2.14. The van der Waals surface area contributed by atoms with Crippen molar-refractivity contribution in [3.63, 3.8) is 0 Å². The van der Waals surface area contributed by atoms with E-state index < -0.39 is 0 Å². The molecule has 2 heterocycles. The van der Waals surface area contributed by atoms with Crippen LogP contribution in [0.5, 0.6) is 0 Å². The fourth-order valence-electron chi connectivity index (χ4n) is 8.86. The number of hydrogen-bond acceptors (Lipinski definition) is 5. The molecular weight excluding hydrogens is 791 g/mol. The Labute approximate surface area is 377 Å². The molecule has 0 atom stereocenters. The summed E-state index contributed by atoms with van der Waals surface area (Å²) in [6, 6.07) is 72.3. The molecule has 0 aliphatic heterocycles. The number of rotatable bonds is 9. The van der Waals surface area contributed by atoms with Gasteiger partial charge in [-0.05, 0) is 128 Å². The lowest BCUT2D eigenvalue weighted by Crippen LogP contribution is -2.01. The maximum absolute atomic E-state index is 5.27. The van der Waals surface area contributed by atoms with Gasteiger partial charge in [0.15, 0.2) is 17.5 Å². The molecular formula is C60H41N5. The predicted octanol–water partition coefficient (Wildman–Crippen LogP) is 15.5. The van der Waals surface area contributed by atoms with E-state index in [9.17, 15) is 0 Å². The molecule has 11 aromatic rings. The van der Waals surface area contributed by atoms with E-state index in [0.29, 0.717) is 17.5 Å². The zero-order valence-corrected chi connectivity index (χ0v) is 35.7. The summed E-state index contributed by atoms with van der Waals surface area (Å²) in [6.07, 6.45) is 4.02. The highest BCUT2D eigenvalue weighted by molar-refractivity contribution is 5.95. The minimum absolute atomic E-state index is 0.593. The minimum Gasteiger partial charge on any atom is -0.264 e. The van der Waals surface area contributed by atoms with E-state index in [1.54, 1.807) is 0 Å². The van der Waals surface area contributed by atoms with Gasteiger partial charge in [0.25, 0.3) is 0 Å². The van der Waals surface area contributed by atoms with E-state index in [0.717, 1.165) is 105 Å². The van der Waals surface area contributed by atoms with Crippen molar-refractivity contribution in [3.8, 4) is 67.5 Å². The molecule has 5 heteroatoms. The monoisotopic (exact) mass is 831 g/mol. The zero-order chi connectivity index (χ0) is 43.7. The number of fused-ring (bicyclic) bond motifs is 3. The van der Waals surface area contributed by atoms with Crippen LogP contribution in [0, 0.1) is 0 Å². The van der Waals surface area contributed by atoms with Crippen LogP contribution in [0.4, 0.5) is 5.69 Å². The number of benzene rings is 9. The van der Waals surface area contributed by atoms with Crippen molar-refractivity contribution < 1.29 is 0 Å². The molecule has 0 aliphatic rings. The molecule has 0 saturated carbocycles. The minimum atomic E-state index is 0.593. The van der Waals surface area contributed by atoms with Gasteiger partial charge in [-0.2, -0.15) is 0 Å². The topological polar surface area (TPSA) is 63.9 Å². The van der Waals surface area contributed by atoms with Gasteiger partial charge in [0.05, 0.1) is 11.2 Å². The van der Waals surface area contributed by atoms with E-state index in [4.69, 9.17) is 15.0 Å². The van der Waals surface area contributed by atoms with Gasteiger partial charge in [0.1, 0.15) is 0 Å². The highest BCUT2D eigenvalue weighted by Crippen LogP contribution is 2.37. The summed E-state index contributed by atoms with van der Waals surface area (Å²) >= 11 is 0. The van der Waals surface area contributed by atoms with Gasteiger partial charge in [-0.3, -0.25) is 9.98 Å². The van der Waals surface area contributed by atoms with Crippen LogP contribution in [0.3, 0.4) is 0 Å². The Morgan fingerprint density at radius 3 is 1.54 bits per heavy atom. The quantitative estimate of drug-likeness (QED) is 0.136. The molecule has 11 rings (SSSR count).